The number of hydrogen-bond acceptors (Lipinski definition) is 2. The summed E-state index contributed by atoms with van der Waals surface area (Å²) in [6, 6.07) is 12.1. The highest BCUT2D eigenvalue weighted by Crippen LogP contribution is 2.19. The molecule has 0 radical (unpaired) electrons. The minimum atomic E-state index is -1.11. The molecule has 0 fully saturated rings. The van der Waals surface area contributed by atoms with Crippen LogP contribution in [0.5, 0.6) is 0 Å². The Morgan fingerprint density at radius 1 is 1.15 bits per heavy atom. The number of aromatic nitrogens is 1. The average molecular weight is 352 g/mol. The Bertz CT molecular complexity index is 961. The van der Waals surface area contributed by atoms with Crippen LogP contribution in [0.2, 0.25) is 0 Å². The Labute approximate surface area is 149 Å². The molecule has 6 heteroatoms. The topological polar surface area (TPSA) is 82.2 Å². The van der Waals surface area contributed by atoms with E-state index in [-0.39, 0.29) is 12.2 Å². The lowest BCUT2D eigenvalue weighted by atomic mass is 10.0. The SMILES string of the molecule is O=C(/C=C/c1ccc(F)cc1)N[C@H](Cc1c[nH]c2ccccc12)C(=O)O. The maximum Gasteiger partial charge on any atom is 0.326 e. The van der Waals surface area contributed by atoms with Crippen LogP contribution in [0.1, 0.15) is 11.1 Å². The number of nitrogens with one attached hydrogen (secondary N) is 2. The Kier molecular flexibility index (Phi) is 5.12. The smallest absolute Gasteiger partial charge is 0.326 e. The number of H-pyrrole nitrogens is 1. The number of aromatic amines is 1. The minimum Gasteiger partial charge on any atom is -0.480 e. The van der Waals surface area contributed by atoms with Crippen LogP contribution in [0, 0.1) is 5.82 Å². The molecule has 1 amide bonds. The molecule has 0 saturated carbocycles. The van der Waals surface area contributed by atoms with Crippen LogP contribution in [0.15, 0.2) is 60.8 Å². The highest BCUT2D eigenvalue weighted by Gasteiger charge is 2.21. The van der Waals surface area contributed by atoms with E-state index in [9.17, 15) is 19.1 Å². The summed E-state index contributed by atoms with van der Waals surface area (Å²) < 4.78 is 12.9. The molecule has 0 aliphatic heterocycles. The molecule has 0 bridgehead atoms. The molecule has 2 aromatic carbocycles. The fourth-order valence-electron chi connectivity index (χ4n) is 2.69. The lowest BCUT2D eigenvalue weighted by Gasteiger charge is -2.12. The molecule has 1 aromatic heterocycles. The van der Waals surface area contributed by atoms with Crippen LogP contribution < -0.4 is 5.32 Å². The second kappa shape index (κ2) is 7.65. The van der Waals surface area contributed by atoms with Gasteiger partial charge in [-0.3, -0.25) is 4.79 Å². The number of hydrogen-bond donors (Lipinski definition) is 3. The molecule has 132 valence electrons. The van der Waals surface area contributed by atoms with Crippen molar-refractivity contribution >= 4 is 28.9 Å². The number of rotatable bonds is 6. The number of carbonyl (C=O) groups is 2. The summed E-state index contributed by atoms with van der Waals surface area (Å²) in [6.45, 7) is 0. The van der Waals surface area contributed by atoms with Gasteiger partial charge in [-0.15, -0.1) is 0 Å². The van der Waals surface area contributed by atoms with Crippen molar-refractivity contribution in [1.82, 2.24) is 10.3 Å². The van der Waals surface area contributed by atoms with Crippen LogP contribution >= 0.6 is 0 Å². The van der Waals surface area contributed by atoms with Crippen molar-refractivity contribution in [2.24, 2.45) is 0 Å². The molecular formula is C20H17FN2O3. The Hall–Kier alpha value is -3.41. The minimum absolute atomic E-state index is 0.162. The molecule has 3 aromatic rings. The van der Waals surface area contributed by atoms with Gasteiger partial charge in [-0.1, -0.05) is 30.3 Å². The summed E-state index contributed by atoms with van der Waals surface area (Å²) in [6.07, 6.45) is 4.65. The van der Waals surface area contributed by atoms with Crippen molar-refractivity contribution in [3.05, 3.63) is 77.7 Å². The Morgan fingerprint density at radius 2 is 1.88 bits per heavy atom. The summed E-state index contributed by atoms with van der Waals surface area (Å²) in [4.78, 5) is 26.7. The van der Waals surface area contributed by atoms with Gasteiger partial charge in [-0.05, 0) is 35.4 Å². The van der Waals surface area contributed by atoms with E-state index in [1.54, 1.807) is 6.20 Å². The third kappa shape index (κ3) is 4.16. The van der Waals surface area contributed by atoms with Gasteiger partial charge in [0, 0.05) is 29.6 Å². The maximum absolute atomic E-state index is 12.9. The number of carbonyl (C=O) groups excluding carboxylic acids is 1. The average Bonchev–Trinajstić information content (AvgIpc) is 3.04. The Balaban J connectivity index is 1.69. The molecule has 1 heterocycles. The monoisotopic (exact) mass is 352 g/mol. The second-order valence-corrected chi connectivity index (χ2v) is 5.85. The molecule has 0 aliphatic carbocycles. The quantitative estimate of drug-likeness (QED) is 0.596. The first-order valence-electron chi connectivity index (χ1n) is 8.05. The molecule has 5 nitrogen and oxygen atoms in total. The summed E-state index contributed by atoms with van der Waals surface area (Å²) in [5.74, 6) is -2.00. The fraction of sp³-hybridized carbons (Fsp3) is 0.100. The van der Waals surface area contributed by atoms with Crippen LogP contribution in [-0.4, -0.2) is 28.0 Å². The van der Waals surface area contributed by atoms with E-state index in [1.165, 1.54) is 36.4 Å². The van der Waals surface area contributed by atoms with E-state index in [2.05, 4.69) is 10.3 Å². The standard InChI is InChI=1S/C20H17FN2O3/c21-15-8-5-13(6-9-15)7-10-19(24)23-18(20(25)26)11-14-12-22-17-4-2-1-3-16(14)17/h1-10,12,18,22H,11H2,(H,23,24)(H,25,26)/b10-7+/t18-/m1/s1. The van der Waals surface area contributed by atoms with Crippen molar-refractivity contribution in [3.63, 3.8) is 0 Å². The molecule has 1 atom stereocenters. The van der Waals surface area contributed by atoms with Crippen molar-refractivity contribution in [2.75, 3.05) is 0 Å². The summed E-state index contributed by atoms with van der Waals surface area (Å²) in [5.41, 5.74) is 2.37. The number of halogens is 1. The zero-order valence-corrected chi connectivity index (χ0v) is 13.8. The van der Waals surface area contributed by atoms with Gasteiger partial charge in [0.05, 0.1) is 0 Å². The molecule has 3 rings (SSSR count). The van der Waals surface area contributed by atoms with Crippen LogP contribution in [0.3, 0.4) is 0 Å². The lowest BCUT2D eigenvalue weighted by Crippen LogP contribution is -2.41. The van der Waals surface area contributed by atoms with Gasteiger partial charge in [0.1, 0.15) is 11.9 Å². The number of carboxylic acids is 1. The highest BCUT2D eigenvalue weighted by atomic mass is 19.1. The van der Waals surface area contributed by atoms with Gasteiger partial charge < -0.3 is 15.4 Å². The predicted molar refractivity (Wildman–Crippen MR) is 97.0 cm³/mol. The van der Waals surface area contributed by atoms with Crippen molar-refractivity contribution in [3.8, 4) is 0 Å². The first kappa shape index (κ1) is 17.4. The molecular weight excluding hydrogens is 335 g/mol. The molecule has 3 N–H and O–H groups in total. The van der Waals surface area contributed by atoms with E-state index in [0.717, 1.165) is 16.5 Å². The zero-order chi connectivity index (χ0) is 18.5. The number of carboxylic acid groups (broad SMARTS) is 1. The Morgan fingerprint density at radius 3 is 2.62 bits per heavy atom. The van der Waals surface area contributed by atoms with E-state index in [4.69, 9.17) is 0 Å². The number of benzene rings is 2. The molecule has 0 saturated heterocycles. The van der Waals surface area contributed by atoms with E-state index in [1.807, 2.05) is 24.3 Å². The third-order valence-corrected chi connectivity index (χ3v) is 4.01. The molecule has 0 unspecified atom stereocenters. The summed E-state index contributed by atoms with van der Waals surface area (Å²) in [5, 5.41) is 12.8. The van der Waals surface area contributed by atoms with Crippen LogP contribution in [0.25, 0.3) is 17.0 Å². The normalized spacial score (nSPS) is 12.3. The lowest BCUT2D eigenvalue weighted by molar-refractivity contribution is -0.141. The van der Waals surface area contributed by atoms with Gasteiger partial charge in [-0.25, -0.2) is 9.18 Å². The van der Waals surface area contributed by atoms with Gasteiger partial charge in [0.15, 0.2) is 0 Å². The van der Waals surface area contributed by atoms with Crippen molar-refractivity contribution < 1.29 is 19.1 Å². The fourth-order valence-corrected chi connectivity index (χ4v) is 2.69. The van der Waals surface area contributed by atoms with Crippen molar-refractivity contribution in [1.29, 1.82) is 0 Å². The predicted octanol–water partition coefficient (Wildman–Crippen LogP) is 3.13. The molecule has 0 spiro atoms. The molecule has 26 heavy (non-hydrogen) atoms. The maximum atomic E-state index is 12.9. The van der Waals surface area contributed by atoms with E-state index >= 15 is 0 Å². The van der Waals surface area contributed by atoms with Gasteiger partial charge in [0.25, 0.3) is 0 Å². The van der Waals surface area contributed by atoms with Crippen LogP contribution in [-0.2, 0) is 16.0 Å². The highest BCUT2D eigenvalue weighted by molar-refractivity contribution is 5.94. The first-order chi connectivity index (χ1) is 12.5. The number of aliphatic carboxylic acids is 1. The van der Waals surface area contributed by atoms with Gasteiger partial charge in [0.2, 0.25) is 5.91 Å². The van der Waals surface area contributed by atoms with Crippen LogP contribution in [0.4, 0.5) is 4.39 Å². The van der Waals surface area contributed by atoms with Crippen molar-refractivity contribution in [2.45, 2.75) is 12.5 Å². The number of fused-ring (bicyclic) bond motifs is 1. The number of amides is 1. The van der Waals surface area contributed by atoms with E-state index in [0.29, 0.717) is 5.56 Å². The van der Waals surface area contributed by atoms with E-state index < -0.39 is 17.9 Å². The van der Waals surface area contributed by atoms with Gasteiger partial charge in [-0.2, -0.15) is 0 Å². The first-order valence-corrected chi connectivity index (χ1v) is 8.05. The summed E-state index contributed by atoms with van der Waals surface area (Å²) in [7, 11) is 0. The largest absolute Gasteiger partial charge is 0.480 e. The molecule has 0 aliphatic rings. The number of para-hydroxylation sites is 1. The van der Waals surface area contributed by atoms with Gasteiger partial charge >= 0.3 is 5.97 Å². The summed E-state index contributed by atoms with van der Waals surface area (Å²) >= 11 is 0. The zero-order valence-electron chi connectivity index (χ0n) is 13.8. The third-order valence-electron chi connectivity index (χ3n) is 4.01. The second-order valence-electron chi connectivity index (χ2n) is 5.85.